The zero-order valence-electron chi connectivity index (χ0n) is 8.97. The van der Waals surface area contributed by atoms with Gasteiger partial charge in [-0.2, -0.15) is 0 Å². The van der Waals surface area contributed by atoms with Crippen molar-refractivity contribution in [3.8, 4) is 0 Å². The molecule has 2 aromatic carbocycles. The van der Waals surface area contributed by atoms with Gasteiger partial charge in [-0.05, 0) is 24.3 Å². The summed E-state index contributed by atoms with van der Waals surface area (Å²) in [7, 11) is 0. The Morgan fingerprint density at radius 3 is 1.40 bits per heavy atom. The molecule has 1 nitrogen and oxygen atoms in total. The van der Waals surface area contributed by atoms with E-state index in [0.29, 0.717) is 0 Å². The van der Waals surface area contributed by atoms with Gasteiger partial charge in [0.05, 0.1) is 0 Å². The second kappa shape index (κ2) is 5.81. The van der Waals surface area contributed by atoms with Crippen LogP contribution in [0.25, 0.3) is 0 Å². The van der Waals surface area contributed by atoms with E-state index in [0.717, 1.165) is 9.79 Å². The summed E-state index contributed by atoms with van der Waals surface area (Å²) in [6, 6.07) is 19.0. The molecule has 0 aliphatic rings. The first-order valence-corrected chi connectivity index (χ1v) is 5.55. The maximum Gasteiger partial charge on any atom is 1.00 e. The highest BCUT2D eigenvalue weighted by atomic mass is 35.5. The fraction of sp³-hybridized carbons (Fsp3) is 0. The second-order valence-electron chi connectivity index (χ2n) is 2.89. The van der Waals surface area contributed by atoms with Crippen LogP contribution in [-0.2, 0) is 11.2 Å². The Kier molecular flexibility index (Phi) is 4.69. The molecule has 0 spiro atoms. The highest BCUT2D eigenvalue weighted by Crippen LogP contribution is 2.19. The minimum absolute atomic E-state index is 0. The smallest absolute Gasteiger partial charge is 1.00 e. The fourth-order valence-corrected chi connectivity index (χ4v) is 2.31. The monoisotopic (exact) mass is 238 g/mol. The van der Waals surface area contributed by atoms with Crippen LogP contribution in [0.4, 0.5) is 0 Å². The first-order chi connectivity index (χ1) is 6.88. The van der Waals surface area contributed by atoms with Gasteiger partial charge in [-0.25, -0.2) is 0 Å². The second-order valence-corrected chi connectivity index (χ2v) is 4.38. The zero-order chi connectivity index (χ0) is 9.80. The lowest BCUT2D eigenvalue weighted by Crippen LogP contribution is -3.00. The van der Waals surface area contributed by atoms with Crippen molar-refractivity contribution in [1.29, 1.82) is 0 Å². The molecule has 15 heavy (non-hydrogen) atoms. The molecule has 0 heterocycles. The van der Waals surface area contributed by atoms with Crippen molar-refractivity contribution in [1.82, 2.24) is 0 Å². The first-order valence-electron chi connectivity index (χ1n) is 4.40. The third-order valence-electron chi connectivity index (χ3n) is 1.91. The quantitative estimate of drug-likeness (QED) is 0.674. The van der Waals surface area contributed by atoms with Crippen LogP contribution in [0.1, 0.15) is 1.43 Å². The zero-order valence-corrected chi connectivity index (χ0v) is 9.54. The predicted molar refractivity (Wildman–Crippen MR) is 58.7 cm³/mol. The Morgan fingerprint density at radius 1 is 0.733 bits per heavy atom. The van der Waals surface area contributed by atoms with Gasteiger partial charge in [0.2, 0.25) is 0 Å². The van der Waals surface area contributed by atoms with E-state index in [-0.39, 0.29) is 13.8 Å². The SMILES string of the molecule is [Cl-].[H+].[O-][S+](c1ccccc1)c1ccccc1. The van der Waals surface area contributed by atoms with Gasteiger partial charge in [0.1, 0.15) is 0 Å². The van der Waals surface area contributed by atoms with Crippen LogP contribution in [0.3, 0.4) is 0 Å². The number of halogens is 1. The molecule has 0 radical (unpaired) electrons. The molecule has 0 N–H and O–H groups in total. The van der Waals surface area contributed by atoms with Crippen LogP contribution in [0.15, 0.2) is 70.5 Å². The number of benzene rings is 2. The molecular formula is C12H11ClOS. The summed E-state index contributed by atoms with van der Waals surface area (Å²) in [6.45, 7) is 0. The molecule has 0 saturated heterocycles. The minimum Gasteiger partial charge on any atom is -1.00 e. The van der Waals surface area contributed by atoms with Crippen LogP contribution in [0, 0.1) is 0 Å². The van der Waals surface area contributed by atoms with E-state index in [1.54, 1.807) is 0 Å². The van der Waals surface area contributed by atoms with Gasteiger partial charge in [0.25, 0.3) is 0 Å². The predicted octanol–water partition coefficient (Wildman–Crippen LogP) is -0.0302. The highest BCUT2D eigenvalue weighted by molar-refractivity contribution is 7.91. The summed E-state index contributed by atoms with van der Waals surface area (Å²) in [5, 5.41) is 0. The average Bonchev–Trinajstić information content (AvgIpc) is 2.30. The molecule has 78 valence electrons. The van der Waals surface area contributed by atoms with E-state index in [9.17, 15) is 4.55 Å². The van der Waals surface area contributed by atoms with E-state index >= 15 is 0 Å². The molecule has 0 saturated carbocycles. The summed E-state index contributed by atoms with van der Waals surface area (Å²) < 4.78 is 12.0. The molecule has 0 amide bonds. The van der Waals surface area contributed by atoms with Gasteiger partial charge >= 0.3 is 1.43 Å². The van der Waals surface area contributed by atoms with Gasteiger partial charge in [-0.1, -0.05) is 36.4 Å². The van der Waals surface area contributed by atoms with Crippen molar-refractivity contribution < 1.29 is 18.4 Å². The molecule has 0 aliphatic heterocycles. The van der Waals surface area contributed by atoms with Crippen LogP contribution in [0.2, 0.25) is 0 Å². The Hall–Kier alpha value is -0.960. The summed E-state index contributed by atoms with van der Waals surface area (Å²) in [6.07, 6.45) is 0. The van der Waals surface area contributed by atoms with Crippen molar-refractivity contribution in [2.24, 2.45) is 0 Å². The molecular weight excluding hydrogens is 228 g/mol. The van der Waals surface area contributed by atoms with Gasteiger partial charge < -0.3 is 17.0 Å². The van der Waals surface area contributed by atoms with Crippen molar-refractivity contribution in [2.45, 2.75) is 9.79 Å². The molecule has 0 atom stereocenters. The van der Waals surface area contributed by atoms with Crippen LogP contribution in [0.5, 0.6) is 0 Å². The molecule has 0 aliphatic carbocycles. The molecule has 0 unspecified atom stereocenters. The standard InChI is InChI=1S/C12H10OS.ClH/c13-14(11-7-3-1-4-8-11)12-9-5-2-6-10-12;/h1-10H;1H. The van der Waals surface area contributed by atoms with E-state index in [2.05, 4.69) is 0 Å². The van der Waals surface area contributed by atoms with Crippen LogP contribution in [-0.4, -0.2) is 4.55 Å². The molecule has 2 rings (SSSR count). The fourth-order valence-electron chi connectivity index (χ4n) is 1.22. The summed E-state index contributed by atoms with van der Waals surface area (Å²) in [5.74, 6) is 0. The van der Waals surface area contributed by atoms with Gasteiger partial charge in [0.15, 0.2) is 9.79 Å². The lowest BCUT2D eigenvalue weighted by atomic mass is 10.4. The van der Waals surface area contributed by atoms with Crippen molar-refractivity contribution >= 4 is 11.2 Å². The van der Waals surface area contributed by atoms with Crippen molar-refractivity contribution in [3.63, 3.8) is 0 Å². The first kappa shape index (κ1) is 12.1. The van der Waals surface area contributed by atoms with Crippen LogP contribution < -0.4 is 12.4 Å². The maximum absolute atomic E-state index is 12.0. The molecule has 2 aromatic rings. The summed E-state index contributed by atoms with van der Waals surface area (Å²) >= 11 is -1.05. The van der Waals surface area contributed by atoms with Gasteiger partial charge in [-0.15, -0.1) is 0 Å². The molecule has 0 aromatic heterocycles. The van der Waals surface area contributed by atoms with Crippen molar-refractivity contribution in [2.75, 3.05) is 0 Å². The van der Waals surface area contributed by atoms with E-state index in [1.165, 1.54) is 0 Å². The normalized spacial score (nSPS) is 9.73. The Balaban J connectivity index is 0.00000112. The number of hydrogen-bond acceptors (Lipinski definition) is 1. The van der Waals surface area contributed by atoms with E-state index < -0.39 is 11.2 Å². The third kappa shape index (κ3) is 2.99. The lowest BCUT2D eigenvalue weighted by Gasteiger charge is -2.08. The largest absolute Gasteiger partial charge is 1.00 e. The number of rotatable bonds is 2. The molecule has 0 fully saturated rings. The summed E-state index contributed by atoms with van der Waals surface area (Å²) in [4.78, 5) is 1.69. The third-order valence-corrected chi connectivity index (χ3v) is 3.32. The van der Waals surface area contributed by atoms with Gasteiger partial charge in [0, 0.05) is 11.2 Å². The van der Waals surface area contributed by atoms with Crippen LogP contribution >= 0.6 is 0 Å². The molecule has 0 bridgehead atoms. The van der Waals surface area contributed by atoms with E-state index in [4.69, 9.17) is 0 Å². The topological polar surface area (TPSA) is 23.1 Å². The average molecular weight is 239 g/mol. The Labute approximate surface area is 100 Å². The van der Waals surface area contributed by atoms with Crippen molar-refractivity contribution in [3.05, 3.63) is 60.7 Å². The minimum atomic E-state index is -1.05. The van der Waals surface area contributed by atoms with E-state index in [1.807, 2.05) is 60.7 Å². The molecule has 3 heteroatoms. The maximum atomic E-state index is 12.0. The Bertz CT molecular complexity index is 357. The number of hydrogen-bond donors (Lipinski definition) is 0. The van der Waals surface area contributed by atoms with Gasteiger partial charge in [-0.3, -0.25) is 0 Å². The lowest BCUT2D eigenvalue weighted by molar-refractivity contribution is -0.00000388. The Morgan fingerprint density at radius 2 is 1.07 bits per heavy atom. The summed E-state index contributed by atoms with van der Waals surface area (Å²) in [5.41, 5.74) is 0. The highest BCUT2D eigenvalue weighted by Gasteiger charge is 2.12.